The van der Waals surface area contributed by atoms with E-state index in [1.807, 2.05) is 0 Å². The molecule has 4 bridgehead atoms. The van der Waals surface area contributed by atoms with Crippen molar-refractivity contribution in [1.82, 2.24) is 4.90 Å². The molecule has 0 aromatic heterocycles. The minimum Gasteiger partial charge on any atom is -0.395 e. The molecular weight excluding hydrogens is 300 g/mol. The predicted molar refractivity (Wildman–Crippen MR) is 93.9 cm³/mol. The van der Waals surface area contributed by atoms with Gasteiger partial charge in [-0.25, -0.2) is 0 Å². The molecule has 4 saturated heterocycles. The molecule has 1 aromatic rings. The Labute approximate surface area is 144 Å². The Morgan fingerprint density at radius 1 is 1.25 bits per heavy atom. The van der Waals surface area contributed by atoms with E-state index >= 15 is 0 Å². The van der Waals surface area contributed by atoms with E-state index < -0.39 is 0 Å². The van der Waals surface area contributed by atoms with Gasteiger partial charge in [-0.15, -0.1) is 0 Å². The van der Waals surface area contributed by atoms with Gasteiger partial charge in [-0.05, 0) is 43.2 Å². The van der Waals surface area contributed by atoms with Crippen LogP contribution in [0.5, 0.6) is 0 Å². The Balaban J connectivity index is 1.62. The second kappa shape index (κ2) is 4.96. The van der Waals surface area contributed by atoms with Crippen LogP contribution in [-0.2, 0) is 5.41 Å². The molecule has 1 aromatic carbocycles. The van der Waals surface area contributed by atoms with E-state index in [1.54, 1.807) is 0 Å². The first-order valence-corrected chi connectivity index (χ1v) is 9.51. The van der Waals surface area contributed by atoms with Gasteiger partial charge in [-0.3, -0.25) is 4.90 Å². The Hall–Kier alpha value is -1.10. The zero-order valence-electron chi connectivity index (χ0n) is 14.6. The number of piperidine rings is 4. The second-order valence-electron chi connectivity index (χ2n) is 8.48. The lowest BCUT2D eigenvalue weighted by molar-refractivity contribution is -0.210. The summed E-state index contributed by atoms with van der Waals surface area (Å²) in [6, 6.07) is 9.63. The monoisotopic (exact) mass is 328 g/mol. The van der Waals surface area contributed by atoms with Crippen LogP contribution < -0.4 is 4.90 Å². The average molecular weight is 328 g/mol. The minimum atomic E-state index is -0.300. The van der Waals surface area contributed by atoms with Crippen LogP contribution in [0.3, 0.4) is 0 Å². The zero-order valence-corrected chi connectivity index (χ0v) is 14.6. The van der Waals surface area contributed by atoms with Gasteiger partial charge in [0.25, 0.3) is 0 Å². The van der Waals surface area contributed by atoms with Gasteiger partial charge in [-0.1, -0.05) is 25.1 Å². The lowest BCUT2D eigenvalue weighted by atomic mass is 9.57. The number of hydrogen-bond donors (Lipinski definition) is 2. The van der Waals surface area contributed by atoms with E-state index in [0.717, 1.165) is 19.3 Å². The standard InChI is InChI=1S/C20H28N2O2/c1-3-14-12-8-13-10-20(11-23)15-6-4-5-7-16(15)21(2)18(20)17(9-12)22(13)19(14)24/h4-7,12-14,17-19,23-24H,3,8-11H2,1-2H3. The van der Waals surface area contributed by atoms with Crippen LogP contribution in [0.15, 0.2) is 24.3 Å². The zero-order chi connectivity index (χ0) is 16.6. The SMILES string of the molecule is CCC1C2CC3CC4(CO)c5ccccc5N(C)C4C(C2)N3C1O. The molecule has 5 heterocycles. The molecule has 0 aliphatic carbocycles. The van der Waals surface area contributed by atoms with E-state index in [0.29, 0.717) is 23.9 Å². The highest BCUT2D eigenvalue weighted by molar-refractivity contribution is 5.65. The van der Waals surface area contributed by atoms with Gasteiger partial charge in [-0.2, -0.15) is 0 Å². The van der Waals surface area contributed by atoms with Crippen LogP contribution in [0.2, 0.25) is 0 Å². The maximum atomic E-state index is 11.0. The van der Waals surface area contributed by atoms with Gasteiger partial charge in [0, 0.05) is 36.2 Å². The molecule has 5 aliphatic heterocycles. The largest absolute Gasteiger partial charge is 0.395 e. The third-order valence-electron chi connectivity index (χ3n) is 7.74. The predicted octanol–water partition coefficient (Wildman–Crippen LogP) is 1.95. The number of aliphatic hydroxyl groups excluding tert-OH is 2. The highest BCUT2D eigenvalue weighted by atomic mass is 16.3. The van der Waals surface area contributed by atoms with Crippen LogP contribution >= 0.6 is 0 Å². The van der Waals surface area contributed by atoms with Crippen molar-refractivity contribution >= 4 is 5.69 Å². The van der Waals surface area contributed by atoms with Gasteiger partial charge in [0.15, 0.2) is 0 Å². The summed E-state index contributed by atoms with van der Waals surface area (Å²) < 4.78 is 0. The number of nitrogens with zero attached hydrogens (tertiary/aromatic N) is 2. The molecular formula is C20H28N2O2. The molecule has 4 heteroatoms. The van der Waals surface area contributed by atoms with Gasteiger partial charge in [0.05, 0.1) is 12.6 Å². The van der Waals surface area contributed by atoms with Crippen molar-refractivity contribution in [2.24, 2.45) is 11.8 Å². The number of anilines is 1. The van der Waals surface area contributed by atoms with Crippen molar-refractivity contribution in [2.45, 2.75) is 62.4 Å². The molecule has 6 rings (SSSR count). The quantitative estimate of drug-likeness (QED) is 0.871. The van der Waals surface area contributed by atoms with Crippen molar-refractivity contribution in [2.75, 3.05) is 18.6 Å². The van der Waals surface area contributed by atoms with Crippen molar-refractivity contribution in [3.05, 3.63) is 29.8 Å². The van der Waals surface area contributed by atoms with Crippen molar-refractivity contribution < 1.29 is 10.2 Å². The van der Waals surface area contributed by atoms with Crippen LogP contribution in [0.25, 0.3) is 0 Å². The molecule has 0 saturated carbocycles. The third-order valence-corrected chi connectivity index (χ3v) is 7.74. The van der Waals surface area contributed by atoms with E-state index in [1.165, 1.54) is 17.7 Å². The molecule has 5 aliphatic rings. The Bertz CT molecular complexity index is 663. The summed E-state index contributed by atoms with van der Waals surface area (Å²) in [6.45, 7) is 2.42. The van der Waals surface area contributed by atoms with Gasteiger partial charge in [0.2, 0.25) is 0 Å². The minimum absolute atomic E-state index is 0.166. The normalized spacial score (nSPS) is 48.3. The van der Waals surface area contributed by atoms with E-state index in [4.69, 9.17) is 0 Å². The molecule has 0 radical (unpaired) electrons. The first-order chi connectivity index (χ1) is 11.6. The van der Waals surface area contributed by atoms with Crippen LogP contribution in [0, 0.1) is 11.8 Å². The van der Waals surface area contributed by atoms with Crippen LogP contribution in [0.4, 0.5) is 5.69 Å². The van der Waals surface area contributed by atoms with Gasteiger partial charge in [0.1, 0.15) is 6.23 Å². The van der Waals surface area contributed by atoms with Crippen LogP contribution in [0.1, 0.15) is 38.2 Å². The Morgan fingerprint density at radius 3 is 2.75 bits per heavy atom. The third kappa shape index (κ3) is 1.60. The summed E-state index contributed by atoms with van der Waals surface area (Å²) in [5, 5.41) is 21.5. The van der Waals surface area contributed by atoms with E-state index in [9.17, 15) is 10.2 Å². The summed E-state index contributed by atoms with van der Waals surface area (Å²) in [4.78, 5) is 4.82. The lowest BCUT2D eigenvalue weighted by Gasteiger charge is -2.65. The maximum Gasteiger partial charge on any atom is 0.111 e. The number of benzene rings is 1. The number of fused-ring (bicyclic) bond motifs is 4. The molecule has 0 amide bonds. The summed E-state index contributed by atoms with van der Waals surface area (Å²) >= 11 is 0. The fourth-order valence-electron chi connectivity index (χ4n) is 6.92. The average Bonchev–Trinajstić information content (AvgIpc) is 2.84. The highest BCUT2D eigenvalue weighted by Gasteiger charge is 2.64. The molecule has 0 spiro atoms. The summed E-state index contributed by atoms with van der Waals surface area (Å²) in [5.74, 6) is 1.06. The Kier molecular flexibility index (Phi) is 3.14. The molecule has 8 atom stereocenters. The van der Waals surface area contributed by atoms with Crippen molar-refractivity contribution in [3.63, 3.8) is 0 Å². The number of aliphatic hydroxyl groups is 2. The van der Waals surface area contributed by atoms with Gasteiger partial charge >= 0.3 is 0 Å². The fraction of sp³-hybridized carbons (Fsp3) is 0.700. The topological polar surface area (TPSA) is 46.9 Å². The lowest BCUT2D eigenvalue weighted by Crippen LogP contribution is -2.75. The van der Waals surface area contributed by atoms with E-state index in [-0.39, 0.29) is 24.3 Å². The van der Waals surface area contributed by atoms with Crippen molar-refractivity contribution in [3.8, 4) is 0 Å². The fourth-order valence-corrected chi connectivity index (χ4v) is 6.92. The Morgan fingerprint density at radius 2 is 2.04 bits per heavy atom. The molecule has 8 unspecified atom stereocenters. The number of rotatable bonds is 2. The summed E-state index contributed by atoms with van der Waals surface area (Å²) in [7, 11) is 2.17. The van der Waals surface area contributed by atoms with Crippen LogP contribution in [-0.4, -0.2) is 53.1 Å². The number of likely N-dealkylation sites (N-methyl/N-ethyl adjacent to an activating group) is 1. The summed E-state index contributed by atoms with van der Waals surface area (Å²) in [6.07, 6.45) is 4.08. The molecule has 24 heavy (non-hydrogen) atoms. The number of para-hydroxylation sites is 1. The smallest absolute Gasteiger partial charge is 0.111 e. The first-order valence-electron chi connectivity index (χ1n) is 9.51. The molecule has 130 valence electrons. The van der Waals surface area contributed by atoms with Gasteiger partial charge < -0.3 is 15.1 Å². The maximum absolute atomic E-state index is 11.0. The van der Waals surface area contributed by atoms with Crippen molar-refractivity contribution in [1.29, 1.82) is 0 Å². The molecule has 4 fully saturated rings. The van der Waals surface area contributed by atoms with E-state index in [2.05, 4.69) is 48.0 Å². The molecule has 2 N–H and O–H groups in total. The highest BCUT2D eigenvalue weighted by Crippen LogP contribution is 2.59. The summed E-state index contributed by atoms with van der Waals surface area (Å²) in [5.41, 5.74) is 2.42. The first kappa shape index (κ1) is 15.2. The molecule has 4 nitrogen and oxygen atoms in total. The second-order valence-corrected chi connectivity index (χ2v) is 8.48. The number of hydrogen-bond acceptors (Lipinski definition) is 4.